The Morgan fingerprint density at radius 1 is 0.286 bits per heavy atom. The van der Waals surface area contributed by atoms with E-state index >= 15 is 0 Å². The van der Waals surface area contributed by atoms with Gasteiger partial charge in [-0.15, -0.1) is 0 Å². The van der Waals surface area contributed by atoms with E-state index in [1.54, 1.807) is 0 Å². The smallest absolute Gasteiger partial charge is 0.167 e. The highest BCUT2D eigenvalue weighted by molar-refractivity contribution is 6.16. The third-order valence-corrected chi connectivity index (χ3v) is 14.9. The summed E-state index contributed by atoms with van der Waals surface area (Å²) in [6, 6.07) is 74.7. The molecule has 10 aromatic carbocycles. The van der Waals surface area contributed by atoms with Gasteiger partial charge in [-0.3, -0.25) is 0 Å². The van der Waals surface area contributed by atoms with Crippen LogP contribution in [0.2, 0.25) is 0 Å². The summed E-state index contributed by atoms with van der Waals surface area (Å²) >= 11 is 0. The van der Waals surface area contributed by atoms with Crippen LogP contribution in [0.1, 0.15) is 22.3 Å². The molecule has 70 heavy (non-hydrogen) atoms. The highest BCUT2D eigenvalue weighted by Crippen LogP contribution is 2.65. The van der Waals surface area contributed by atoms with Crippen molar-refractivity contribution in [2.24, 2.45) is 0 Å². The molecule has 6 heteroatoms. The Hall–Kier alpha value is -9.39. The molecule has 14 aromatic rings. The van der Waals surface area contributed by atoms with Crippen LogP contribution in [0.3, 0.4) is 0 Å². The minimum atomic E-state index is -0.605. The molecule has 2 aliphatic rings. The lowest BCUT2D eigenvalue weighted by atomic mass is 9.69. The van der Waals surface area contributed by atoms with Crippen molar-refractivity contribution in [1.29, 1.82) is 0 Å². The third kappa shape index (κ3) is 5.03. The van der Waals surface area contributed by atoms with Crippen LogP contribution >= 0.6 is 0 Å². The summed E-state index contributed by atoms with van der Waals surface area (Å²) in [6.07, 6.45) is 0. The second kappa shape index (κ2) is 13.8. The maximum atomic E-state index is 6.98. The van der Waals surface area contributed by atoms with Gasteiger partial charge >= 0.3 is 0 Å². The molecule has 4 aromatic heterocycles. The summed E-state index contributed by atoms with van der Waals surface area (Å²) < 4.78 is 20.1. The zero-order valence-electron chi connectivity index (χ0n) is 37.3. The molecule has 0 bridgehead atoms. The molecule has 0 saturated carbocycles. The molecular weight excluding hydrogens is 859 g/mol. The molecule has 6 nitrogen and oxygen atoms in total. The van der Waals surface area contributed by atoms with E-state index in [2.05, 4.69) is 146 Å². The van der Waals surface area contributed by atoms with Gasteiger partial charge in [0.15, 0.2) is 17.5 Å². The summed E-state index contributed by atoms with van der Waals surface area (Å²) in [5.41, 5.74) is 19.0. The van der Waals surface area contributed by atoms with Crippen molar-refractivity contribution in [2.45, 2.75) is 5.41 Å². The van der Waals surface area contributed by atoms with Gasteiger partial charge in [-0.05, 0) is 110 Å². The van der Waals surface area contributed by atoms with Gasteiger partial charge in [0.05, 0.1) is 11.0 Å². The molecule has 16 rings (SSSR count). The van der Waals surface area contributed by atoms with Crippen LogP contribution in [0.4, 0.5) is 0 Å². The molecule has 0 N–H and O–H groups in total. The molecule has 0 atom stereocenters. The number of nitrogens with zero attached hydrogens (tertiary/aromatic N) is 3. The van der Waals surface area contributed by atoms with E-state index in [0.717, 1.165) is 93.6 Å². The first-order chi connectivity index (χ1) is 34.7. The van der Waals surface area contributed by atoms with E-state index in [1.807, 2.05) is 66.7 Å². The van der Waals surface area contributed by atoms with E-state index in [4.69, 9.17) is 28.2 Å². The summed E-state index contributed by atoms with van der Waals surface area (Å²) in [7, 11) is 0. The average Bonchev–Trinajstić information content (AvgIpc) is 4.23. The van der Waals surface area contributed by atoms with E-state index < -0.39 is 5.41 Å². The Morgan fingerprint density at radius 2 is 0.871 bits per heavy atom. The Kier molecular flexibility index (Phi) is 7.45. The fourth-order valence-electron chi connectivity index (χ4n) is 12.0. The Labute approximate surface area is 399 Å². The number of hydrogen-bond donors (Lipinski definition) is 0. The van der Waals surface area contributed by atoms with Crippen molar-refractivity contribution in [3.8, 4) is 67.5 Å². The van der Waals surface area contributed by atoms with Crippen LogP contribution < -0.4 is 0 Å². The van der Waals surface area contributed by atoms with Crippen molar-refractivity contribution in [3.05, 3.63) is 235 Å². The van der Waals surface area contributed by atoms with Gasteiger partial charge in [-0.1, -0.05) is 158 Å². The largest absolute Gasteiger partial charge is 0.456 e. The number of fused-ring (bicyclic) bond motifs is 20. The predicted octanol–water partition coefficient (Wildman–Crippen LogP) is 16.6. The fourth-order valence-corrected chi connectivity index (χ4v) is 12.0. The minimum Gasteiger partial charge on any atom is -0.456 e. The number of aromatic nitrogens is 3. The van der Waals surface area contributed by atoms with Crippen LogP contribution in [0.25, 0.3) is 133 Å². The van der Waals surface area contributed by atoms with Gasteiger partial charge < -0.3 is 13.3 Å². The number of benzene rings is 10. The molecule has 324 valence electrons. The molecule has 1 spiro atoms. The van der Waals surface area contributed by atoms with Crippen molar-refractivity contribution < 1.29 is 13.3 Å². The lowest BCUT2D eigenvalue weighted by molar-refractivity contribution is 0.666. The van der Waals surface area contributed by atoms with Crippen molar-refractivity contribution >= 4 is 65.8 Å². The predicted molar refractivity (Wildman–Crippen MR) is 280 cm³/mol. The number of para-hydroxylation sites is 3. The van der Waals surface area contributed by atoms with Crippen LogP contribution in [0.15, 0.2) is 226 Å². The molecular formula is C64H35N3O3. The maximum Gasteiger partial charge on any atom is 0.167 e. The van der Waals surface area contributed by atoms with E-state index in [9.17, 15) is 0 Å². The first kappa shape index (κ1) is 37.7. The average molecular weight is 894 g/mol. The summed E-state index contributed by atoms with van der Waals surface area (Å²) in [4.78, 5) is 15.3. The molecule has 0 radical (unpaired) electrons. The lowest BCUT2D eigenvalue weighted by Gasteiger charge is -2.31. The number of rotatable bonds is 4. The van der Waals surface area contributed by atoms with Crippen molar-refractivity contribution in [1.82, 2.24) is 15.0 Å². The summed E-state index contributed by atoms with van der Waals surface area (Å²) in [6.45, 7) is 0. The molecule has 0 fully saturated rings. The Bertz CT molecular complexity index is 4510. The fraction of sp³-hybridized carbons (Fsp3) is 0.0156. The molecule has 0 unspecified atom stereocenters. The molecule has 4 heterocycles. The van der Waals surface area contributed by atoms with Crippen LogP contribution in [-0.4, -0.2) is 15.0 Å². The van der Waals surface area contributed by atoms with Crippen LogP contribution in [0.5, 0.6) is 0 Å². The SMILES string of the molecule is c1ccc(-c2nc(-c3cccc(-c4ccc5c(c4)oc4ccc6c(c45)C4(c5ccccc5-c5ccccc54)c4cc5oc7ccccc7c5cc4-6)c3)nc(-c3cccc4c3oc3ccccc34)n2)cc1. The summed E-state index contributed by atoms with van der Waals surface area (Å²) in [5.74, 6) is 1.70. The number of furan rings is 3. The van der Waals surface area contributed by atoms with Gasteiger partial charge in [-0.2, -0.15) is 0 Å². The second-order valence-corrected chi connectivity index (χ2v) is 18.5. The second-order valence-electron chi connectivity index (χ2n) is 18.5. The van der Waals surface area contributed by atoms with Gasteiger partial charge in [0.2, 0.25) is 0 Å². The van der Waals surface area contributed by atoms with Gasteiger partial charge in [0.1, 0.15) is 33.5 Å². The lowest BCUT2D eigenvalue weighted by Crippen LogP contribution is -2.26. The first-order valence-corrected chi connectivity index (χ1v) is 23.7. The quantitative estimate of drug-likeness (QED) is 0.175. The molecule has 0 saturated heterocycles. The first-order valence-electron chi connectivity index (χ1n) is 23.7. The maximum absolute atomic E-state index is 6.98. The normalized spacial score (nSPS) is 13.3. The topological polar surface area (TPSA) is 78.1 Å². The zero-order valence-corrected chi connectivity index (χ0v) is 37.3. The Balaban J connectivity index is 0.878. The van der Waals surface area contributed by atoms with Crippen LogP contribution in [-0.2, 0) is 5.41 Å². The van der Waals surface area contributed by atoms with Gasteiger partial charge in [-0.25, -0.2) is 15.0 Å². The molecule has 2 aliphatic carbocycles. The molecule has 0 amide bonds. The standard InChI is InChI=1S/C64H35N3O3/c1-2-14-36(15-3-1)61-65-62(67-63(66-61)47-23-13-22-45-42-20-6-11-27-54(42)70-60(45)47)39-17-12-16-37(32-39)38-28-29-46-56(33-38)69-55-31-30-44-48-34-49-43-21-7-10-26-53(43)68-57(49)35-52(48)64(59(44)58(46)55)50-24-8-4-18-40(50)41-19-5-9-25-51(41)64/h1-35H. The van der Waals surface area contributed by atoms with E-state index in [1.165, 1.54) is 44.5 Å². The van der Waals surface area contributed by atoms with Crippen molar-refractivity contribution in [2.75, 3.05) is 0 Å². The van der Waals surface area contributed by atoms with E-state index in [-0.39, 0.29) is 0 Å². The van der Waals surface area contributed by atoms with Crippen molar-refractivity contribution in [3.63, 3.8) is 0 Å². The summed E-state index contributed by atoms with van der Waals surface area (Å²) in [5, 5.41) is 6.51. The third-order valence-electron chi connectivity index (χ3n) is 14.9. The minimum absolute atomic E-state index is 0.546. The van der Waals surface area contributed by atoms with Gasteiger partial charge in [0.25, 0.3) is 0 Å². The monoisotopic (exact) mass is 893 g/mol. The Morgan fingerprint density at radius 3 is 1.69 bits per heavy atom. The number of hydrogen-bond acceptors (Lipinski definition) is 6. The molecule has 0 aliphatic heterocycles. The highest BCUT2D eigenvalue weighted by Gasteiger charge is 2.53. The van der Waals surface area contributed by atoms with Gasteiger partial charge in [0, 0.05) is 43.4 Å². The zero-order chi connectivity index (χ0) is 45.7. The highest BCUT2D eigenvalue weighted by atomic mass is 16.3. The van der Waals surface area contributed by atoms with Crippen LogP contribution in [0, 0.1) is 0 Å². The van der Waals surface area contributed by atoms with E-state index in [0.29, 0.717) is 17.5 Å².